The maximum Gasteiger partial charge on any atom is -1.00 e. The van der Waals surface area contributed by atoms with Crippen LogP contribution in [0.2, 0.25) is 0 Å². The van der Waals surface area contributed by atoms with Crippen LogP contribution in [-0.2, 0) is 21.3 Å². The van der Waals surface area contributed by atoms with Gasteiger partial charge in [0.2, 0.25) is 0 Å². The fraction of sp³-hybridized carbons (Fsp3) is 0.108. The molecule has 4 aromatic carbocycles. The monoisotopic (exact) mass is 636 g/mol. The SMILES string of the molecule is C=Cc1ccc2c(c1)-c1cc(C=C)ccc1[CH]2[Zr+2]([C]1=CC=CC1)=[C](c1ccc(C)cc1)c1ccc(C)cc1.[Cl-].[Cl-]. The molecule has 0 amide bonds. The maximum atomic E-state index is 4.06. The molecule has 4 aromatic rings. The largest absolute Gasteiger partial charge is 1.00 e. The summed E-state index contributed by atoms with van der Waals surface area (Å²) in [7, 11) is 0. The van der Waals surface area contributed by atoms with Crippen molar-refractivity contribution < 1.29 is 46.1 Å². The third kappa shape index (κ3) is 5.53. The van der Waals surface area contributed by atoms with E-state index in [1.165, 1.54) is 55.6 Å². The van der Waals surface area contributed by atoms with Gasteiger partial charge >= 0.3 is 236 Å². The van der Waals surface area contributed by atoms with Crippen LogP contribution < -0.4 is 24.8 Å². The van der Waals surface area contributed by atoms with E-state index in [0.29, 0.717) is 3.63 Å². The molecular formula is C37H32Cl2Zr. The van der Waals surface area contributed by atoms with Crippen LogP contribution in [0.25, 0.3) is 23.3 Å². The second-order valence-electron chi connectivity index (χ2n) is 10.4. The molecule has 0 nitrogen and oxygen atoms in total. The quantitative estimate of drug-likeness (QED) is 0.304. The van der Waals surface area contributed by atoms with Gasteiger partial charge in [0.05, 0.1) is 0 Å². The Morgan fingerprint density at radius 2 is 1.18 bits per heavy atom. The Hall–Kier alpha value is -2.83. The first-order valence-corrected chi connectivity index (χ1v) is 17.2. The molecule has 0 bridgehead atoms. The number of hydrogen-bond donors (Lipinski definition) is 0. The van der Waals surface area contributed by atoms with Gasteiger partial charge in [-0.25, -0.2) is 0 Å². The molecule has 0 aromatic heterocycles. The second-order valence-corrected chi connectivity index (χ2v) is 16.6. The number of allylic oxidation sites excluding steroid dienone is 4. The molecule has 40 heavy (non-hydrogen) atoms. The Morgan fingerprint density at radius 3 is 1.57 bits per heavy atom. The summed E-state index contributed by atoms with van der Waals surface area (Å²) in [5.41, 5.74) is 13.4. The van der Waals surface area contributed by atoms with Gasteiger partial charge < -0.3 is 24.8 Å². The molecule has 0 N–H and O–H groups in total. The number of benzene rings is 4. The summed E-state index contributed by atoms with van der Waals surface area (Å²) in [4.78, 5) is 0. The zero-order chi connectivity index (χ0) is 26.2. The van der Waals surface area contributed by atoms with Crippen molar-refractivity contribution in [2.75, 3.05) is 0 Å². The zero-order valence-electron chi connectivity index (χ0n) is 22.9. The molecule has 0 saturated heterocycles. The van der Waals surface area contributed by atoms with Gasteiger partial charge in [0, 0.05) is 0 Å². The van der Waals surface area contributed by atoms with E-state index < -0.39 is 21.3 Å². The van der Waals surface area contributed by atoms with Crippen molar-refractivity contribution in [3.8, 4) is 11.1 Å². The van der Waals surface area contributed by atoms with Gasteiger partial charge in [-0.3, -0.25) is 0 Å². The van der Waals surface area contributed by atoms with Crippen LogP contribution in [0.15, 0.2) is 120 Å². The molecule has 0 fully saturated rings. The van der Waals surface area contributed by atoms with Crippen molar-refractivity contribution in [3.05, 3.63) is 164 Å². The number of rotatable bonds is 6. The van der Waals surface area contributed by atoms with Crippen LogP contribution in [0, 0.1) is 13.8 Å². The van der Waals surface area contributed by atoms with Crippen LogP contribution in [-0.4, -0.2) is 3.21 Å². The molecule has 0 unspecified atom stereocenters. The first kappa shape index (κ1) is 30.1. The topological polar surface area (TPSA) is 0 Å². The fourth-order valence-electron chi connectivity index (χ4n) is 5.91. The smallest absolute Gasteiger partial charge is 1.00 e. The van der Waals surface area contributed by atoms with E-state index in [0.717, 1.165) is 6.42 Å². The van der Waals surface area contributed by atoms with Crippen molar-refractivity contribution >= 4 is 15.4 Å². The summed E-state index contributed by atoms with van der Waals surface area (Å²) < 4.78 is 3.66. The van der Waals surface area contributed by atoms with Crippen molar-refractivity contribution in [2.45, 2.75) is 23.9 Å². The Labute approximate surface area is 258 Å². The van der Waals surface area contributed by atoms with Crippen LogP contribution in [0.3, 0.4) is 0 Å². The first-order valence-electron chi connectivity index (χ1n) is 13.3. The Bertz CT molecular complexity index is 1560. The number of fused-ring (bicyclic) bond motifs is 3. The molecule has 0 spiro atoms. The van der Waals surface area contributed by atoms with E-state index in [1.54, 1.807) is 6.49 Å². The van der Waals surface area contributed by atoms with Crippen LogP contribution in [0.1, 0.15) is 54.6 Å². The zero-order valence-corrected chi connectivity index (χ0v) is 26.9. The van der Waals surface area contributed by atoms with Crippen molar-refractivity contribution in [1.82, 2.24) is 0 Å². The standard InChI is InChI=1S/C17H13.C15H14.C5H5.2ClH.Zr/c1-3-12-5-7-14-11-15-8-6-13(4-2)10-17(15)16(14)9-12;1-12-3-7-14(8-4-12)11-15-9-5-13(2)6-10-15;1-2-4-5-3-1;;;/h3-11H,1-2H2;3-10H,1-2H3;1-3H,4H2;2*1H;/q;;;;;+2/p-2. The van der Waals surface area contributed by atoms with Crippen LogP contribution in [0.4, 0.5) is 0 Å². The number of hydrogen-bond acceptors (Lipinski definition) is 0. The van der Waals surface area contributed by atoms with Crippen molar-refractivity contribution in [3.63, 3.8) is 0 Å². The van der Waals surface area contributed by atoms with Crippen LogP contribution >= 0.6 is 0 Å². The van der Waals surface area contributed by atoms with Crippen molar-refractivity contribution in [1.29, 1.82) is 0 Å². The van der Waals surface area contributed by atoms with E-state index >= 15 is 0 Å². The summed E-state index contributed by atoms with van der Waals surface area (Å²) in [5.74, 6) is 0. The molecule has 6 rings (SSSR count). The third-order valence-electron chi connectivity index (χ3n) is 7.89. The minimum atomic E-state index is -2.63. The van der Waals surface area contributed by atoms with E-state index in [2.05, 4.69) is 130 Å². The molecule has 2 aliphatic carbocycles. The summed E-state index contributed by atoms with van der Waals surface area (Å²) in [5, 5.41) is 0. The van der Waals surface area contributed by atoms with Crippen molar-refractivity contribution in [2.24, 2.45) is 0 Å². The first-order chi connectivity index (χ1) is 18.6. The van der Waals surface area contributed by atoms with Gasteiger partial charge in [0.25, 0.3) is 0 Å². The number of aryl methyl sites for hydroxylation is 2. The maximum absolute atomic E-state index is 4.06. The van der Waals surface area contributed by atoms with Gasteiger partial charge in [-0.05, 0) is 0 Å². The second kappa shape index (κ2) is 12.8. The molecular weight excluding hydrogens is 607 g/mol. The van der Waals surface area contributed by atoms with E-state index in [4.69, 9.17) is 0 Å². The summed E-state index contributed by atoms with van der Waals surface area (Å²) >= 11 is -2.63. The molecule has 0 radical (unpaired) electrons. The Morgan fingerprint density at radius 1 is 0.700 bits per heavy atom. The minimum absolute atomic E-state index is 0. The summed E-state index contributed by atoms with van der Waals surface area (Å²) in [6.45, 7) is 12.5. The summed E-state index contributed by atoms with van der Waals surface area (Å²) in [6, 6.07) is 32.5. The van der Waals surface area contributed by atoms with Gasteiger partial charge in [-0.1, -0.05) is 0 Å². The van der Waals surface area contributed by atoms with E-state index in [1.807, 2.05) is 12.2 Å². The predicted molar refractivity (Wildman–Crippen MR) is 161 cm³/mol. The van der Waals surface area contributed by atoms with Crippen LogP contribution in [0.5, 0.6) is 0 Å². The molecule has 0 heterocycles. The molecule has 0 aliphatic heterocycles. The average Bonchev–Trinajstić information content (AvgIpc) is 3.59. The normalized spacial score (nSPS) is 12.7. The predicted octanol–water partition coefficient (Wildman–Crippen LogP) is 3.40. The fourth-order valence-corrected chi connectivity index (χ4v) is 14.9. The van der Waals surface area contributed by atoms with Gasteiger partial charge in [0.15, 0.2) is 0 Å². The molecule has 0 saturated carbocycles. The van der Waals surface area contributed by atoms with E-state index in [-0.39, 0.29) is 24.8 Å². The third-order valence-corrected chi connectivity index (χ3v) is 16.2. The Kier molecular flexibility index (Phi) is 9.63. The van der Waals surface area contributed by atoms with E-state index in [9.17, 15) is 0 Å². The number of halogens is 2. The summed E-state index contributed by atoms with van der Waals surface area (Å²) in [6.07, 6.45) is 12.0. The minimum Gasteiger partial charge on any atom is -1.00 e. The molecule has 198 valence electrons. The molecule has 0 atom stereocenters. The van der Waals surface area contributed by atoms with Gasteiger partial charge in [0.1, 0.15) is 0 Å². The molecule has 3 heteroatoms. The Balaban J connectivity index is 0.00000185. The van der Waals surface area contributed by atoms with Gasteiger partial charge in [-0.15, -0.1) is 0 Å². The molecule has 2 aliphatic rings. The average molecular weight is 639 g/mol. The van der Waals surface area contributed by atoms with Gasteiger partial charge in [-0.2, -0.15) is 0 Å².